The fourth-order valence-electron chi connectivity index (χ4n) is 2.66. The third-order valence-electron chi connectivity index (χ3n) is 4.22. The molecular formula is C19H21NO. The summed E-state index contributed by atoms with van der Waals surface area (Å²) in [6.07, 6.45) is 0.971. The largest absolute Gasteiger partial charge is 0.472 e. The van der Waals surface area contributed by atoms with Crippen LogP contribution in [0.1, 0.15) is 30.5 Å². The molecule has 0 saturated carbocycles. The van der Waals surface area contributed by atoms with Gasteiger partial charge in [0.2, 0.25) is 5.90 Å². The van der Waals surface area contributed by atoms with Gasteiger partial charge in [-0.05, 0) is 38.5 Å². The second-order valence-electron chi connectivity index (χ2n) is 6.06. The molecule has 0 radical (unpaired) electrons. The van der Waals surface area contributed by atoms with Gasteiger partial charge in [-0.25, -0.2) is 4.99 Å². The number of nitrogens with zero attached hydrogens (tertiary/aromatic N) is 1. The van der Waals surface area contributed by atoms with Gasteiger partial charge in [0.25, 0.3) is 0 Å². The van der Waals surface area contributed by atoms with E-state index in [-0.39, 0.29) is 11.6 Å². The second kappa shape index (κ2) is 5.36. The quantitative estimate of drug-likeness (QED) is 0.826. The summed E-state index contributed by atoms with van der Waals surface area (Å²) in [7, 11) is 0. The molecule has 1 aliphatic rings. The fourth-order valence-corrected chi connectivity index (χ4v) is 2.66. The highest BCUT2D eigenvalue weighted by Crippen LogP contribution is 2.31. The van der Waals surface area contributed by atoms with Crippen molar-refractivity contribution in [2.24, 2.45) is 4.99 Å². The molecule has 0 aliphatic carbocycles. The minimum Gasteiger partial charge on any atom is -0.472 e. The molecule has 0 saturated heterocycles. The Morgan fingerprint density at radius 3 is 2.38 bits per heavy atom. The molecule has 3 rings (SSSR count). The highest BCUT2D eigenvalue weighted by molar-refractivity contribution is 5.95. The van der Waals surface area contributed by atoms with E-state index < -0.39 is 0 Å². The maximum atomic E-state index is 6.03. The maximum Gasteiger partial charge on any atom is 0.217 e. The lowest BCUT2D eigenvalue weighted by Crippen LogP contribution is -2.34. The van der Waals surface area contributed by atoms with Crippen molar-refractivity contribution in [2.45, 2.75) is 38.8 Å². The third kappa shape index (κ3) is 2.85. The summed E-state index contributed by atoms with van der Waals surface area (Å²) in [4.78, 5) is 4.89. The Morgan fingerprint density at radius 1 is 1.05 bits per heavy atom. The van der Waals surface area contributed by atoms with E-state index in [4.69, 9.17) is 9.73 Å². The van der Waals surface area contributed by atoms with Crippen molar-refractivity contribution in [1.82, 2.24) is 0 Å². The normalized spacial score (nSPS) is 24.5. The molecule has 21 heavy (non-hydrogen) atoms. The Morgan fingerprint density at radius 2 is 1.71 bits per heavy atom. The van der Waals surface area contributed by atoms with Gasteiger partial charge >= 0.3 is 0 Å². The van der Waals surface area contributed by atoms with Crippen LogP contribution in [0.25, 0.3) is 0 Å². The van der Waals surface area contributed by atoms with Gasteiger partial charge in [0.1, 0.15) is 11.6 Å². The Kier molecular flexibility index (Phi) is 3.54. The molecule has 2 atom stereocenters. The van der Waals surface area contributed by atoms with Gasteiger partial charge in [0.15, 0.2) is 0 Å². The highest BCUT2D eigenvalue weighted by atomic mass is 16.5. The van der Waals surface area contributed by atoms with Crippen LogP contribution in [0.15, 0.2) is 59.6 Å². The summed E-state index contributed by atoms with van der Waals surface area (Å²) < 4.78 is 6.03. The molecule has 1 heterocycles. The van der Waals surface area contributed by atoms with Crippen LogP contribution < -0.4 is 0 Å². The number of benzene rings is 2. The topological polar surface area (TPSA) is 21.6 Å². The first-order valence-corrected chi connectivity index (χ1v) is 7.44. The van der Waals surface area contributed by atoms with E-state index in [0.29, 0.717) is 0 Å². The zero-order valence-electron chi connectivity index (χ0n) is 12.8. The van der Waals surface area contributed by atoms with Gasteiger partial charge in [-0.15, -0.1) is 0 Å². The number of hydrogen-bond donors (Lipinski definition) is 0. The van der Waals surface area contributed by atoms with Crippen molar-refractivity contribution in [1.29, 1.82) is 0 Å². The number of hydrogen-bond acceptors (Lipinski definition) is 2. The van der Waals surface area contributed by atoms with Crippen LogP contribution in [-0.4, -0.2) is 17.5 Å². The molecule has 1 aliphatic heterocycles. The summed E-state index contributed by atoms with van der Waals surface area (Å²) in [5.41, 5.74) is 3.40. The predicted molar refractivity (Wildman–Crippen MR) is 86.8 cm³/mol. The SMILES string of the molecule is Cc1ccc(C2=N[C@@](C)(Cc3ccccc3)[C@H](C)O2)cc1. The Bertz CT molecular complexity index is 645. The van der Waals surface area contributed by atoms with E-state index in [1.54, 1.807) is 0 Å². The molecule has 108 valence electrons. The van der Waals surface area contributed by atoms with Crippen LogP contribution in [0.3, 0.4) is 0 Å². The van der Waals surface area contributed by atoms with Crippen LogP contribution >= 0.6 is 0 Å². The van der Waals surface area contributed by atoms with Crippen molar-refractivity contribution in [3.05, 3.63) is 71.3 Å². The highest BCUT2D eigenvalue weighted by Gasteiger charge is 2.39. The summed E-state index contributed by atoms with van der Waals surface area (Å²) in [6.45, 7) is 6.36. The van der Waals surface area contributed by atoms with Crippen LogP contribution in [0.5, 0.6) is 0 Å². The average molecular weight is 279 g/mol. The number of aliphatic imine (C=N–C) groups is 1. The molecule has 0 amide bonds. The average Bonchev–Trinajstić information content (AvgIpc) is 2.76. The van der Waals surface area contributed by atoms with Gasteiger partial charge in [-0.2, -0.15) is 0 Å². The van der Waals surface area contributed by atoms with Crippen molar-refractivity contribution in [3.8, 4) is 0 Å². The van der Waals surface area contributed by atoms with Gasteiger partial charge in [-0.1, -0.05) is 48.0 Å². The van der Waals surface area contributed by atoms with E-state index >= 15 is 0 Å². The van der Waals surface area contributed by atoms with Crippen LogP contribution in [0.4, 0.5) is 0 Å². The first-order valence-electron chi connectivity index (χ1n) is 7.44. The number of ether oxygens (including phenoxy) is 1. The minimum absolute atomic E-state index is 0.0778. The lowest BCUT2D eigenvalue weighted by atomic mass is 9.89. The molecule has 2 aromatic rings. The number of rotatable bonds is 3. The monoisotopic (exact) mass is 279 g/mol. The van der Waals surface area contributed by atoms with E-state index in [0.717, 1.165) is 17.9 Å². The molecule has 2 aromatic carbocycles. The van der Waals surface area contributed by atoms with Crippen molar-refractivity contribution in [3.63, 3.8) is 0 Å². The van der Waals surface area contributed by atoms with E-state index in [1.165, 1.54) is 11.1 Å². The molecular weight excluding hydrogens is 258 g/mol. The Labute approximate surface area is 126 Å². The summed E-state index contributed by atoms with van der Waals surface area (Å²) >= 11 is 0. The molecule has 0 bridgehead atoms. The van der Waals surface area contributed by atoms with Crippen molar-refractivity contribution in [2.75, 3.05) is 0 Å². The molecule has 0 aromatic heterocycles. The lowest BCUT2D eigenvalue weighted by molar-refractivity contribution is 0.164. The first-order chi connectivity index (χ1) is 10.1. The minimum atomic E-state index is -0.207. The third-order valence-corrected chi connectivity index (χ3v) is 4.22. The zero-order chi connectivity index (χ0) is 14.9. The smallest absolute Gasteiger partial charge is 0.217 e. The maximum absolute atomic E-state index is 6.03. The van der Waals surface area contributed by atoms with Gasteiger partial charge in [-0.3, -0.25) is 0 Å². The Hall–Kier alpha value is -2.09. The predicted octanol–water partition coefficient (Wildman–Crippen LogP) is 4.16. The summed E-state index contributed by atoms with van der Waals surface area (Å²) in [6, 6.07) is 18.8. The second-order valence-corrected chi connectivity index (χ2v) is 6.06. The lowest BCUT2D eigenvalue weighted by Gasteiger charge is -2.24. The Balaban J connectivity index is 1.87. The van der Waals surface area contributed by atoms with Gasteiger partial charge < -0.3 is 4.74 Å². The van der Waals surface area contributed by atoms with Crippen LogP contribution in [0.2, 0.25) is 0 Å². The van der Waals surface area contributed by atoms with Crippen LogP contribution in [0, 0.1) is 6.92 Å². The fraction of sp³-hybridized carbons (Fsp3) is 0.316. The van der Waals surface area contributed by atoms with Crippen LogP contribution in [-0.2, 0) is 11.2 Å². The van der Waals surface area contributed by atoms with Crippen molar-refractivity contribution < 1.29 is 4.74 Å². The van der Waals surface area contributed by atoms with Gasteiger partial charge in [0, 0.05) is 12.0 Å². The van der Waals surface area contributed by atoms with E-state index in [2.05, 4.69) is 69.3 Å². The zero-order valence-corrected chi connectivity index (χ0v) is 12.8. The molecule has 0 spiro atoms. The molecule has 0 N–H and O–H groups in total. The first kappa shape index (κ1) is 13.9. The molecule has 0 unspecified atom stereocenters. The molecule has 2 heteroatoms. The molecule has 2 nitrogen and oxygen atoms in total. The van der Waals surface area contributed by atoms with Gasteiger partial charge in [0.05, 0.1) is 0 Å². The summed E-state index contributed by atoms with van der Waals surface area (Å²) in [5.74, 6) is 0.765. The van der Waals surface area contributed by atoms with Crippen molar-refractivity contribution >= 4 is 5.90 Å². The standard InChI is InChI=1S/C19H21NO/c1-14-9-11-17(12-10-14)18-20-19(3,15(2)21-18)13-16-7-5-4-6-8-16/h4-12,15H,13H2,1-3H3/t15-,19-/m0/s1. The molecule has 0 fully saturated rings. The number of aryl methyl sites for hydroxylation is 1. The summed E-state index contributed by atoms with van der Waals surface area (Å²) in [5, 5.41) is 0. The van der Waals surface area contributed by atoms with E-state index in [1.807, 2.05) is 6.07 Å². The van der Waals surface area contributed by atoms with E-state index in [9.17, 15) is 0 Å².